The molecule has 0 radical (unpaired) electrons. The summed E-state index contributed by atoms with van der Waals surface area (Å²) in [4.78, 5) is 30.2. The number of benzene rings is 2. The fourth-order valence-corrected chi connectivity index (χ4v) is 3.55. The van der Waals surface area contributed by atoms with Gasteiger partial charge in [0.15, 0.2) is 0 Å². The van der Waals surface area contributed by atoms with E-state index in [1.54, 1.807) is 36.4 Å². The summed E-state index contributed by atoms with van der Waals surface area (Å²) in [6.45, 7) is 1.60. The Morgan fingerprint density at radius 3 is 2.58 bits per heavy atom. The maximum Gasteiger partial charge on any atom is 0.419 e. The van der Waals surface area contributed by atoms with Crippen LogP contribution in [0.1, 0.15) is 28.4 Å². The molecule has 0 unspecified atom stereocenters. The van der Waals surface area contributed by atoms with Crippen LogP contribution >= 0.6 is 0 Å². The Bertz CT molecular complexity index is 1240. The summed E-state index contributed by atoms with van der Waals surface area (Å²) in [5.41, 5.74) is -0.500. The van der Waals surface area contributed by atoms with E-state index < -0.39 is 17.6 Å². The third-order valence-electron chi connectivity index (χ3n) is 4.98. The first-order valence-electron chi connectivity index (χ1n) is 9.86. The van der Waals surface area contributed by atoms with Crippen LogP contribution in [-0.2, 0) is 17.4 Å². The largest absolute Gasteiger partial charge is 0.457 e. The van der Waals surface area contributed by atoms with E-state index in [0.29, 0.717) is 41.3 Å². The van der Waals surface area contributed by atoms with Gasteiger partial charge < -0.3 is 10.1 Å². The minimum atomic E-state index is -4.81. The van der Waals surface area contributed by atoms with Gasteiger partial charge in [-0.05, 0) is 42.8 Å². The molecular weight excluding hydrogens is 442 g/mol. The Balaban J connectivity index is 1.60. The maximum absolute atomic E-state index is 13.9. The predicted octanol–water partition coefficient (Wildman–Crippen LogP) is 5.19. The second kappa shape index (κ2) is 8.53. The number of aromatic nitrogens is 1. The summed E-state index contributed by atoms with van der Waals surface area (Å²) < 4.78 is 57.9. The summed E-state index contributed by atoms with van der Waals surface area (Å²) in [7, 11) is 0. The number of pyridine rings is 1. The van der Waals surface area contributed by atoms with E-state index in [1.807, 2.05) is 0 Å². The van der Waals surface area contributed by atoms with Gasteiger partial charge in [-0.15, -0.1) is 0 Å². The zero-order valence-corrected chi connectivity index (χ0v) is 17.2. The fraction of sp³-hybridized carbons (Fsp3) is 0.174. The number of amides is 2. The molecular formula is C23H17F4N3O3. The van der Waals surface area contributed by atoms with E-state index in [1.165, 1.54) is 11.8 Å². The maximum atomic E-state index is 13.9. The lowest BCUT2D eigenvalue weighted by Crippen LogP contribution is -2.38. The Morgan fingerprint density at radius 1 is 1.12 bits per heavy atom. The van der Waals surface area contributed by atoms with Crippen molar-refractivity contribution in [3.63, 3.8) is 0 Å². The van der Waals surface area contributed by atoms with Crippen molar-refractivity contribution in [3.8, 4) is 11.5 Å². The number of carbonyl (C=O) groups is 2. The molecule has 1 N–H and O–H groups in total. The number of hydrogen-bond acceptors (Lipinski definition) is 4. The van der Waals surface area contributed by atoms with Crippen molar-refractivity contribution in [1.82, 2.24) is 4.98 Å². The van der Waals surface area contributed by atoms with Crippen molar-refractivity contribution < 1.29 is 31.9 Å². The fourth-order valence-electron chi connectivity index (χ4n) is 3.55. The zero-order valence-electron chi connectivity index (χ0n) is 17.2. The van der Waals surface area contributed by atoms with Crippen LogP contribution in [0.3, 0.4) is 0 Å². The Kier molecular flexibility index (Phi) is 5.75. The van der Waals surface area contributed by atoms with Crippen LogP contribution in [0, 0.1) is 5.82 Å². The summed E-state index contributed by atoms with van der Waals surface area (Å²) in [5.74, 6) is -1.30. The van der Waals surface area contributed by atoms with Crippen molar-refractivity contribution >= 4 is 23.5 Å². The highest BCUT2D eigenvalue weighted by molar-refractivity contribution is 6.08. The van der Waals surface area contributed by atoms with Crippen molar-refractivity contribution in [3.05, 3.63) is 77.1 Å². The molecule has 170 valence electrons. The molecule has 10 heteroatoms. The quantitative estimate of drug-likeness (QED) is 0.545. The van der Waals surface area contributed by atoms with Gasteiger partial charge in [-0.3, -0.25) is 14.5 Å². The zero-order chi connectivity index (χ0) is 23.8. The van der Waals surface area contributed by atoms with E-state index in [-0.39, 0.29) is 29.9 Å². The number of ether oxygens (including phenoxy) is 1. The van der Waals surface area contributed by atoms with Crippen LogP contribution in [0.5, 0.6) is 11.5 Å². The smallest absolute Gasteiger partial charge is 0.419 e. The number of alkyl halides is 3. The van der Waals surface area contributed by atoms with Crippen molar-refractivity contribution in [1.29, 1.82) is 0 Å². The van der Waals surface area contributed by atoms with Crippen molar-refractivity contribution in [2.75, 3.05) is 16.8 Å². The molecule has 4 rings (SSSR count). The molecule has 3 aromatic rings. The molecule has 0 saturated carbocycles. The highest BCUT2D eigenvalue weighted by atomic mass is 19.4. The molecule has 2 heterocycles. The van der Waals surface area contributed by atoms with E-state index in [0.717, 1.165) is 6.07 Å². The van der Waals surface area contributed by atoms with Gasteiger partial charge in [-0.2, -0.15) is 13.2 Å². The van der Waals surface area contributed by atoms with Crippen molar-refractivity contribution in [2.24, 2.45) is 0 Å². The second-order valence-corrected chi connectivity index (χ2v) is 7.29. The van der Waals surface area contributed by atoms with Crippen LogP contribution < -0.4 is 15.0 Å². The summed E-state index contributed by atoms with van der Waals surface area (Å²) in [6, 6.07) is 11.9. The lowest BCUT2D eigenvalue weighted by molar-refractivity contribution is -0.140. The first-order chi connectivity index (χ1) is 15.6. The number of nitrogens with zero attached hydrogens (tertiary/aromatic N) is 2. The molecule has 6 nitrogen and oxygen atoms in total. The second-order valence-electron chi connectivity index (χ2n) is 7.29. The van der Waals surface area contributed by atoms with Gasteiger partial charge in [0.2, 0.25) is 5.91 Å². The molecule has 1 aliphatic heterocycles. The highest BCUT2D eigenvalue weighted by Crippen LogP contribution is 2.36. The third kappa shape index (κ3) is 4.64. The van der Waals surface area contributed by atoms with Crippen LogP contribution in [0.2, 0.25) is 0 Å². The van der Waals surface area contributed by atoms with Gasteiger partial charge in [0.1, 0.15) is 29.0 Å². The number of carbonyl (C=O) groups excluding carboxylic acids is 2. The minimum Gasteiger partial charge on any atom is -0.457 e. The third-order valence-corrected chi connectivity index (χ3v) is 4.98. The molecule has 2 amide bonds. The number of rotatable bonds is 4. The average molecular weight is 459 g/mol. The molecule has 0 spiro atoms. The number of halogens is 4. The Morgan fingerprint density at radius 2 is 1.88 bits per heavy atom. The lowest BCUT2D eigenvalue weighted by Gasteiger charge is -2.29. The molecule has 0 saturated heterocycles. The highest BCUT2D eigenvalue weighted by Gasteiger charge is 2.34. The molecule has 0 fully saturated rings. The standard InChI is InChI=1S/C23H17F4N3O3/c1-13(31)28-20-6-3-7-21(29-20)30-11-10-15-16(22(30)32)4-2-5-19(15)33-14-8-9-17(18(24)12-14)23(25,26)27/h2-9,12H,10-11H2,1H3,(H,28,29,31). The lowest BCUT2D eigenvalue weighted by atomic mass is 9.98. The Labute approximate surface area is 185 Å². The first kappa shape index (κ1) is 22.3. The van der Waals surface area contributed by atoms with Crippen LogP contribution in [-0.4, -0.2) is 23.3 Å². The van der Waals surface area contributed by atoms with Gasteiger partial charge in [0, 0.05) is 30.7 Å². The molecule has 1 aliphatic rings. The Hall–Kier alpha value is -3.95. The van der Waals surface area contributed by atoms with Crippen molar-refractivity contribution in [2.45, 2.75) is 19.5 Å². The van der Waals surface area contributed by atoms with Crippen LogP contribution in [0.25, 0.3) is 0 Å². The number of fused-ring (bicyclic) bond motifs is 1. The summed E-state index contributed by atoms with van der Waals surface area (Å²) in [5, 5.41) is 2.56. The molecule has 0 bridgehead atoms. The predicted molar refractivity (Wildman–Crippen MR) is 112 cm³/mol. The van der Waals surface area contributed by atoms with E-state index in [2.05, 4.69) is 10.3 Å². The van der Waals surface area contributed by atoms with Gasteiger partial charge in [-0.1, -0.05) is 12.1 Å². The SMILES string of the molecule is CC(=O)Nc1cccc(N2CCc3c(Oc4ccc(C(F)(F)F)c(F)c4)cccc3C2=O)n1. The summed E-state index contributed by atoms with van der Waals surface area (Å²) in [6.07, 6.45) is -4.44. The first-order valence-corrected chi connectivity index (χ1v) is 9.86. The molecule has 0 aliphatic carbocycles. The number of hydrogen-bond donors (Lipinski definition) is 1. The van der Waals surface area contributed by atoms with Gasteiger partial charge in [0.05, 0.1) is 5.56 Å². The molecule has 0 atom stereocenters. The molecule has 33 heavy (non-hydrogen) atoms. The normalized spacial score (nSPS) is 13.5. The summed E-state index contributed by atoms with van der Waals surface area (Å²) >= 11 is 0. The van der Waals surface area contributed by atoms with Gasteiger partial charge in [0.25, 0.3) is 5.91 Å². The monoisotopic (exact) mass is 459 g/mol. The minimum absolute atomic E-state index is 0.117. The van der Waals surface area contributed by atoms with Gasteiger partial charge in [-0.25, -0.2) is 9.37 Å². The number of nitrogens with one attached hydrogen (secondary N) is 1. The van der Waals surface area contributed by atoms with Gasteiger partial charge >= 0.3 is 6.18 Å². The van der Waals surface area contributed by atoms with E-state index in [4.69, 9.17) is 4.74 Å². The van der Waals surface area contributed by atoms with Crippen LogP contribution in [0.4, 0.5) is 29.2 Å². The number of anilines is 2. The molecule has 1 aromatic heterocycles. The van der Waals surface area contributed by atoms with E-state index in [9.17, 15) is 27.2 Å². The van der Waals surface area contributed by atoms with Crippen LogP contribution in [0.15, 0.2) is 54.6 Å². The topological polar surface area (TPSA) is 71.5 Å². The molecule has 2 aromatic carbocycles. The van der Waals surface area contributed by atoms with E-state index >= 15 is 0 Å². The average Bonchev–Trinajstić information content (AvgIpc) is 2.73.